The lowest BCUT2D eigenvalue weighted by Gasteiger charge is -1.97. The van der Waals surface area contributed by atoms with Gasteiger partial charge < -0.3 is 5.11 Å². The monoisotopic (exact) mass is 171 g/mol. The van der Waals surface area contributed by atoms with Crippen LogP contribution in [0.15, 0.2) is 4.99 Å². The summed E-state index contributed by atoms with van der Waals surface area (Å²) < 4.78 is 0. The van der Waals surface area contributed by atoms with Gasteiger partial charge >= 0.3 is 0 Å². The van der Waals surface area contributed by atoms with Gasteiger partial charge in [0.05, 0.1) is 6.54 Å². The summed E-state index contributed by atoms with van der Waals surface area (Å²) in [6.45, 7) is 0.916. The molecule has 0 spiro atoms. The molecule has 3 heteroatoms. The zero-order valence-corrected chi connectivity index (χ0v) is 7.46. The summed E-state index contributed by atoms with van der Waals surface area (Å²) in [7, 11) is 0. The van der Waals surface area contributed by atoms with E-state index in [0.29, 0.717) is 13.2 Å². The Morgan fingerprint density at radius 1 is 1.00 bits per heavy atom. The van der Waals surface area contributed by atoms with Gasteiger partial charge in [0.25, 0.3) is 0 Å². The first-order valence-electron chi connectivity index (χ1n) is 4.56. The smallest absolute Gasteiger partial charge is 0.234 e. The number of aliphatic imine (C=N–C) groups is 1. The van der Waals surface area contributed by atoms with Gasteiger partial charge in [-0.3, -0.25) is 0 Å². The Morgan fingerprint density at radius 2 is 1.58 bits per heavy atom. The minimum atomic E-state index is 0.301. The molecule has 0 heterocycles. The van der Waals surface area contributed by atoms with E-state index >= 15 is 0 Å². The molecule has 0 aromatic carbocycles. The average Bonchev–Trinajstić information content (AvgIpc) is 2.10. The predicted octanol–water partition coefficient (Wildman–Crippen LogP) is 1.66. The van der Waals surface area contributed by atoms with Crippen molar-refractivity contribution >= 4 is 6.08 Å². The number of hydrogen-bond acceptors (Lipinski definition) is 3. The van der Waals surface area contributed by atoms with Crippen molar-refractivity contribution in [2.45, 2.75) is 38.5 Å². The largest absolute Gasteiger partial charge is 0.396 e. The third kappa shape index (κ3) is 9.34. The van der Waals surface area contributed by atoms with Gasteiger partial charge in [0.15, 0.2) is 0 Å². The molecule has 0 bridgehead atoms. The van der Waals surface area contributed by atoms with Gasteiger partial charge in [-0.1, -0.05) is 25.7 Å². The average molecular weight is 171 g/mol. The van der Waals surface area contributed by atoms with Gasteiger partial charge in [0.2, 0.25) is 6.08 Å². The summed E-state index contributed by atoms with van der Waals surface area (Å²) in [5.74, 6) is 0. The normalized spacial score (nSPS) is 9.42. The lowest BCUT2D eigenvalue weighted by molar-refractivity contribution is 0.282. The maximum atomic E-state index is 9.66. The van der Waals surface area contributed by atoms with E-state index in [1.165, 1.54) is 18.9 Å². The van der Waals surface area contributed by atoms with Crippen LogP contribution in [0.25, 0.3) is 0 Å². The maximum absolute atomic E-state index is 9.66. The van der Waals surface area contributed by atoms with E-state index in [1.807, 2.05) is 0 Å². The van der Waals surface area contributed by atoms with E-state index in [0.717, 1.165) is 25.7 Å². The summed E-state index contributed by atoms with van der Waals surface area (Å²) >= 11 is 0. The predicted molar refractivity (Wildman–Crippen MR) is 47.8 cm³/mol. The van der Waals surface area contributed by atoms with Crippen molar-refractivity contribution in [1.82, 2.24) is 0 Å². The van der Waals surface area contributed by atoms with Gasteiger partial charge in [-0.05, 0) is 12.8 Å². The molecule has 0 aliphatic heterocycles. The van der Waals surface area contributed by atoms with Crippen molar-refractivity contribution in [2.24, 2.45) is 4.99 Å². The van der Waals surface area contributed by atoms with Crippen LogP contribution in [-0.2, 0) is 4.79 Å². The number of carbonyl (C=O) groups excluding carboxylic acids is 1. The van der Waals surface area contributed by atoms with Crippen LogP contribution in [0.2, 0.25) is 0 Å². The van der Waals surface area contributed by atoms with Crippen molar-refractivity contribution < 1.29 is 9.90 Å². The molecule has 12 heavy (non-hydrogen) atoms. The minimum Gasteiger partial charge on any atom is -0.396 e. The van der Waals surface area contributed by atoms with Crippen molar-refractivity contribution in [1.29, 1.82) is 0 Å². The van der Waals surface area contributed by atoms with Crippen LogP contribution in [-0.4, -0.2) is 24.3 Å². The molecule has 0 amide bonds. The number of aliphatic hydroxyl groups excluding tert-OH is 1. The van der Waals surface area contributed by atoms with Crippen LogP contribution < -0.4 is 0 Å². The molecule has 1 N–H and O–H groups in total. The van der Waals surface area contributed by atoms with Crippen LogP contribution in [0, 0.1) is 0 Å². The molecule has 70 valence electrons. The number of nitrogens with zero attached hydrogens (tertiary/aromatic N) is 1. The zero-order chi connectivity index (χ0) is 9.07. The fraction of sp³-hybridized carbons (Fsp3) is 0.889. The Balaban J connectivity index is 2.86. The van der Waals surface area contributed by atoms with E-state index in [4.69, 9.17) is 5.11 Å². The topological polar surface area (TPSA) is 49.7 Å². The molecule has 0 unspecified atom stereocenters. The van der Waals surface area contributed by atoms with E-state index < -0.39 is 0 Å². The van der Waals surface area contributed by atoms with Crippen LogP contribution in [0.1, 0.15) is 38.5 Å². The summed E-state index contributed by atoms with van der Waals surface area (Å²) in [5, 5.41) is 8.48. The molecule has 3 nitrogen and oxygen atoms in total. The van der Waals surface area contributed by atoms with Crippen LogP contribution in [0.5, 0.6) is 0 Å². The van der Waals surface area contributed by atoms with Crippen molar-refractivity contribution in [3.63, 3.8) is 0 Å². The Kier molecular flexibility index (Phi) is 9.77. The van der Waals surface area contributed by atoms with Gasteiger partial charge in [-0.2, -0.15) is 0 Å². The molecule has 0 rings (SSSR count). The second-order valence-electron chi connectivity index (χ2n) is 2.82. The third-order valence-corrected chi connectivity index (χ3v) is 1.74. The van der Waals surface area contributed by atoms with E-state index in [-0.39, 0.29) is 0 Å². The molecule has 0 aromatic rings. The molecule has 0 aromatic heterocycles. The molecule has 0 aliphatic rings. The summed E-state index contributed by atoms with van der Waals surface area (Å²) in [6, 6.07) is 0. The second kappa shape index (κ2) is 10.3. The zero-order valence-electron chi connectivity index (χ0n) is 7.46. The SMILES string of the molecule is O=C=NCCCCCCCCO. The van der Waals surface area contributed by atoms with Crippen LogP contribution in [0.4, 0.5) is 0 Å². The molecular weight excluding hydrogens is 154 g/mol. The Bertz CT molecular complexity index is 130. The number of rotatable bonds is 8. The first-order chi connectivity index (χ1) is 5.91. The second-order valence-corrected chi connectivity index (χ2v) is 2.82. The number of unbranched alkanes of at least 4 members (excludes halogenated alkanes) is 5. The highest BCUT2D eigenvalue weighted by Crippen LogP contribution is 2.04. The first kappa shape index (κ1) is 11.3. The maximum Gasteiger partial charge on any atom is 0.234 e. The van der Waals surface area contributed by atoms with Crippen molar-refractivity contribution in [3.05, 3.63) is 0 Å². The van der Waals surface area contributed by atoms with Crippen molar-refractivity contribution in [2.75, 3.05) is 13.2 Å². The Labute approximate surface area is 73.5 Å². The Hall–Kier alpha value is -0.660. The van der Waals surface area contributed by atoms with Gasteiger partial charge in [0, 0.05) is 6.61 Å². The molecule has 0 radical (unpaired) electrons. The molecule has 0 fully saturated rings. The van der Waals surface area contributed by atoms with E-state index in [1.54, 1.807) is 0 Å². The first-order valence-corrected chi connectivity index (χ1v) is 4.56. The highest BCUT2D eigenvalue weighted by atomic mass is 16.2. The Morgan fingerprint density at radius 3 is 2.17 bits per heavy atom. The molecule has 0 saturated carbocycles. The molecule has 0 saturated heterocycles. The standard InChI is InChI=1S/C9H17NO2/c11-8-6-4-2-1-3-5-7-10-9-12/h11H,1-8H2. The molecule has 0 aliphatic carbocycles. The highest BCUT2D eigenvalue weighted by Gasteiger charge is 1.89. The fourth-order valence-corrected chi connectivity index (χ4v) is 1.06. The van der Waals surface area contributed by atoms with Crippen LogP contribution >= 0.6 is 0 Å². The van der Waals surface area contributed by atoms with E-state index in [2.05, 4.69) is 4.99 Å². The number of hydrogen-bond donors (Lipinski definition) is 1. The lowest BCUT2D eigenvalue weighted by atomic mass is 10.1. The van der Waals surface area contributed by atoms with Gasteiger partial charge in [-0.15, -0.1) is 0 Å². The number of isocyanates is 1. The van der Waals surface area contributed by atoms with Crippen molar-refractivity contribution in [3.8, 4) is 0 Å². The summed E-state index contributed by atoms with van der Waals surface area (Å²) in [5.41, 5.74) is 0. The highest BCUT2D eigenvalue weighted by molar-refractivity contribution is 5.32. The lowest BCUT2D eigenvalue weighted by Crippen LogP contribution is -1.85. The van der Waals surface area contributed by atoms with Gasteiger partial charge in [-0.25, -0.2) is 9.79 Å². The fourth-order valence-electron chi connectivity index (χ4n) is 1.06. The third-order valence-electron chi connectivity index (χ3n) is 1.74. The number of aliphatic hydroxyl groups is 1. The summed E-state index contributed by atoms with van der Waals surface area (Å²) in [4.78, 5) is 13.1. The van der Waals surface area contributed by atoms with Crippen LogP contribution in [0.3, 0.4) is 0 Å². The molecular formula is C9H17NO2. The quantitative estimate of drug-likeness (QED) is 0.343. The molecule has 0 atom stereocenters. The minimum absolute atomic E-state index is 0.301. The summed E-state index contributed by atoms with van der Waals surface area (Å²) in [6.07, 6.45) is 7.98. The van der Waals surface area contributed by atoms with E-state index in [9.17, 15) is 4.79 Å². The van der Waals surface area contributed by atoms with Gasteiger partial charge in [0.1, 0.15) is 0 Å².